The first kappa shape index (κ1) is 10.4. The Bertz CT molecular complexity index is 340. The number of nitrogens with zero attached hydrogens (tertiary/aromatic N) is 2. The maximum atomic E-state index is 10.5. The number of aryl methyl sites for hydroxylation is 2. The van der Waals surface area contributed by atoms with E-state index in [-0.39, 0.29) is 12.4 Å². The van der Waals surface area contributed by atoms with Crippen LogP contribution < -0.4 is 4.74 Å². The highest BCUT2D eigenvalue weighted by molar-refractivity contribution is 5.70. The Hall–Kier alpha value is -1.65. The molecule has 0 aliphatic rings. The van der Waals surface area contributed by atoms with Gasteiger partial charge in [0, 0.05) is 17.0 Å². The molecule has 1 rings (SSSR count). The van der Waals surface area contributed by atoms with Crippen molar-refractivity contribution in [2.24, 2.45) is 0 Å². The zero-order valence-corrected chi connectivity index (χ0v) is 8.37. The van der Waals surface area contributed by atoms with Crippen molar-refractivity contribution in [1.29, 1.82) is 0 Å². The molecule has 0 radical (unpaired) electrons. The van der Waals surface area contributed by atoms with E-state index >= 15 is 0 Å². The number of aliphatic carboxylic acids is 1. The molecule has 0 saturated carbocycles. The number of carbonyl (C=O) groups is 1. The SMILES string of the molecule is COc1nc(C)c(CC(=O)O)c(C)n1. The van der Waals surface area contributed by atoms with E-state index in [2.05, 4.69) is 9.97 Å². The fraction of sp³-hybridized carbons (Fsp3) is 0.444. The van der Waals surface area contributed by atoms with Gasteiger partial charge >= 0.3 is 12.0 Å². The second kappa shape index (κ2) is 4.04. The topological polar surface area (TPSA) is 72.3 Å². The van der Waals surface area contributed by atoms with Crippen LogP contribution in [0.4, 0.5) is 0 Å². The summed E-state index contributed by atoms with van der Waals surface area (Å²) in [5, 5.41) is 8.66. The molecule has 14 heavy (non-hydrogen) atoms. The molecule has 0 amide bonds. The van der Waals surface area contributed by atoms with Gasteiger partial charge in [0.1, 0.15) is 0 Å². The standard InChI is InChI=1S/C9H12N2O3/c1-5-7(4-8(12)13)6(2)11-9(10-5)14-3/h4H2,1-3H3,(H,12,13). The maximum absolute atomic E-state index is 10.5. The number of ether oxygens (including phenoxy) is 1. The monoisotopic (exact) mass is 196 g/mol. The largest absolute Gasteiger partial charge is 0.481 e. The van der Waals surface area contributed by atoms with E-state index in [1.165, 1.54) is 7.11 Å². The van der Waals surface area contributed by atoms with E-state index in [1.54, 1.807) is 13.8 Å². The van der Waals surface area contributed by atoms with Crippen LogP contribution in [0.25, 0.3) is 0 Å². The van der Waals surface area contributed by atoms with Crippen LogP contribution in [-0.2, 0) is 11.2 Å². The Morgan fingerprint density at radius 2 is 1.86 bits per heavy atom. The zero-order valence-electron chi connectivity index (χ0n) is 8.37. The van der Waals surface area contributed by atoms with Crippen LogP contribution in [0.2, 0.25) is 0 Å². The van der Waals surface area contributed by atoms with Crippen molar-refractivity contribution in [3.63, 3.8) is 0 Å². The lowest BCUT2D eigenvalue weighted by atomic mass is 10.1. The molecule has 1 N–H and O–H groups in total. The molecule has 5 heteroatoms. The summed E-state index contributed by atoms with van der Waals surface area (Å²) >= 11 is 0. The van der Waals surface area contributed by atoms with E-state index in [4.69, 9.17) is 9.84 Å². The van der Waals surface area contributed by atoms with Gasteiger partial charge in [-0.2, -0.15) is 0 Å². The minimum atomic E-state index is -0.884. The van der Waals surface area contributed by atoms with Crippen LogP contribution in [0.15, 0.2) is 0 Å². The average Bonchev–Trinajstić information content (AvgIpc) is 2.10. The summed E-state index contributed by atoms with van der Waals surface area (Å²) in [7, 11) is 1.48. The molecular formula is C9H12N2O3. The van der Waals surface area contributed by atoms with Crippen molar-refractivity contribution >= 4 is 5.97 Å². The highest BCUT2D eigenvalue weighted by atomic mass is 16.5. The van der Waals surface area contributed by atoms with Crippen molar-refractivity contribution in [2.75, 3.05) is 7.11 Å². The molecule has 0 unspecified atom stereocenters. The second-order valence-corrected chi connectivity index (χ2v) is 2.93. The van der Waals surface area contributed by atoms with Gasteiger partial charge in [0.2, 0.25) is 0 Å². The summed E-state index contributed by atoms with van der Waals surface area (Å²) in [5.74, 6) is -0.884. The fourth-order valence-corrected chi connectivity index (χ4v) is 1.21. The van der Waals surface area contributed by atoms with Crippen LogP contribution in [0, 0.1) is 13.8 Å². The molecule has 0 saturated heterocycles. The molecule has 5 nitrogen and oxygen atoms in total. The number of carboxylic acid groups (broad SMARTS) is 1. The van der Waals surface area contributed by atoms with Crippen molar-refractivity contribution < 1.29 is 14.6 Å². The third-order valence-electron chi connectivity index (χ3n) is 1.91. The summed E-state index contributed by atoms with van der Waals surface area (Å²) < 4.78 is 4.87. The summed E-state index contributed by atoms with van der Waals surface area (Å²) in [6.07, 6.45) is -0.0539. The predicted octanol–water partition coefficient (Wildman–Crippen LogP) is 0.729. The number of hydrogen-bond acceptors (Lipinski definition) is 4. The summed E-state index contributed by atoms with van der Waals surface area (Å²) in [5.41, 5.74) is 1.95. The quantitative estimate of drug-likeness (QED) is 0.771. The lowest BCUT2D eigenvalue weighted by Crippen LogP contribution is -2.08. The molecule has 0 aliphatic carbocycles. The van der Waals surface area contributed by atoms with Gasteiger partial charge in [-0.05, 0) is 13.8 Å². The Morgan fingerprint density at radius 3 is 2.21 bits per heavy atom. The van der Waals surface area contributed by atoms with Gasteiger partial charge in [-0.25, -0.2) is 9.97 Å². The van der Waals surface area contributed by atoms with Gasteiger partial charge in [-0.3, -0.25) is 4.79 Å². The third kappa shape index (κ3) is 2.18. The Morgan fingerprint density at radius 1 is 1.36 bits per heavy atom. The number of rotatable bonds is 3. The normalized spacial score (nSPS) is 9.93. The predicted molar refractivity (Wildman–Crippen MR) is 49.4 cm³/mol. The van der Waals surface area contributed by atoms with E-state index in [1.807, 2.05) is 0 Å². The first-order valence-corrected chi connectivity index (χ1v) is 4.14. The maximum Gasteiger partial charge on any atom is 0.316 e. The van der Waals surface area contributed by atoms with Crippen LogP contribution in [0.5, 0.6) is 6.01 Å². The highest BCUT2D eigenvalue weighted by Crippen LogP contribution is 2.14. The number of hydrogen-bond donors (Lipinski definition) is 1. The molecule has 76 valence electrons. The fourth-order valence-electron chi connectivity index (χ4n) is 1.21. The van der Waals surface area contributed by atoms with Crippen LogP contribution in [0.1, 0.15) is 17.0 Å². The van der Waals surface area contributed by atoms with E-state index in [0.717, 1.165) is 0 Å². The zero-order chi connectivity index (χ0) is 10.7. The number of methoxy groups -OCH3 is 1. The second-order valence-electron chi connectivity index (χ2n) is 2.93. The van der Waals surface area contributed by atoms with Crippen molar-refractivity contribution in [2.45, 2.75) is 20.3 Å². The molecule has 0 bridgehead atoms. The van der Waals surface area contributed by atoms with Crippen LogP contribution >= 0.6 is 0 Å². The Kier molecular flexibility index (Phi) is 3.01. The van der Waals surface area contributed by atoms with Gasteiger partial charge in [-0.1, -0.05) is 0 Å². The van der Waals surface area contributed by atoms with E-state index < -0.39 is 5.97 Å². The molecule has 0 aromatic carbocycles. The molecule has 1 aromatic heterocycles. The summed E-state index contributed by atoms with van der Waals surface area (Å²) in [6, 6.07) is 0.272. The van der Waals surface area contributed by atoms with Crippen molar-refractivity contribution in [3.05, 3.63) is 17.0 Å². The Labute approximate surface area is 81.8 Å². The van der Waals surface area contributed by atoms with E-state index in [0.29, 0.717) is 17.0 Å². The summed E-state index contributed by atoms with van der Waals surface area (Å²) in [4.78, 5) is 18.6. The van der Waals surface area contributed by atoms with Gasteiger partial charge in [0.05, 0.1) is 13.5 Å². The third-order valence-corrected chi connectivity index (χ3v) is 1.91. The average molecular weight is 196 g/mol. The first-order valence-electron chi connectivity index (χ1n) is 4.14. The lowest BCUT2D eigenvalue weighted by molar-refractivity contribution is -0.136. The molecule has 0 atom stereocenters. The van der Waals surface area contributed by atoms with Gasteiger partial charge in [0.15, 0.2) is 0 Å². The smallest absolute Gasteiger partial charge is 0.316 e. The Balaban J connectivity index is 3.11. The first-order chi connectivity index (χ1) is 6.54. The molecule has 1 heterocycles. The minimum Gasteiger partial charge on any atom is -0.481 e. The van der Waals surface area contributed by atoms with E-state index in [9.17, 15) is 4.79 Å². The molecule has 0 fully saturated rings. The molecule has 0 aliphatic heterocycles. The number of carboxylic acids is 1. The van der Waals surface area contributed by atoms with Gasteiger partial charge in [0.25, 0.3) is 0 Å². The van der Waals surface area contributed by atoms with Gasteiger partial charge in [-0.15, -0.1) is 0 Å². The van der Waals surface area contributed by atoms with Crippen molar-refractivity contribution in [1.82, 2.24) is 9.97 Å². The number of aromatic nitrogens is 2. The molecule has 1 aromatic rings. The minimum absolute atomic E-state index is 0.0539. The molecular weight excluding hydrogens is 184 g/mol. The lowest BCUT2D eigenvalue weighted by Gasteiger charge is -2.07. The molecule has 0 spiro atoms. The highest BCUT2D eigenvalue weighted by Gasteiger charge is 2.11. The van der Waals surface area contributed by atoms with Crippen LogP contribution in [-0.4, -0.2) is 28.2 Å². The summed E-state index contributed by atoms with van der Waals surface area (Å²) in [6.45, 7) is 3.49. The van der Waals surface area contributed by atoms with Crippen molar-refractivity contribution in [3.8, 4) is 6.01 Å². The van der Waals surface area contributed by atoms with Crippen LogP contribution in [0.3, 0.4) is 0 Å². The van der Waals surface area contributed by atoms with Gasteiger partial charge < -0.3 is 9.84 Å².